The minimum absolute atomic E-state index is 0.0959. The van der Waals surface area contributed by atoms with Gasteiger partial charge in [-0.3, -0.25) is 9.78 Å². The lowest BCUT2D eigenvalue weighted by Crippen LogP contribution is -2.14. The zero-order valence-electron chi connectivity index (χ0n) is 9.93. The fourth-order valence-electron chi connectivity index (χ4n) is 1.50. The highest BCUT2D eigenvalue weighted by atomic mass is 19.1. The summed E-state index contributed by atoms with van der Waals surface area (Å²) in [7, 11) is 0. The number of hydrogen-bond acceptors (Lipinski definition) is 3. The van der Waals surface area contributed by atoms with E-state index in [-0.39, 0.29) is 16.8 Å². The number of halogens is 2. The third-order valence-corrected chi connectivity index (χ3v) is 2.42. The van der Waals surface area contributed by atoms with Crippen LogP contribution in [0.25, 0.3) is 0 Å². The largest absolute Gasteiger partial charge is 0.478 e. The molecule has 2 N–H and O–H groups in total. The molecule has 1 aromatic heterocycles. The molecule has 102 valence electrons. The van der Waals surface area contributed by atoms with Crippen molar-refractivity contribution >= 4 is 17.6 Å². The molecule has 0 spiro atoms. The molecule has 5 nitrogen and oxygen atoms in total. The average molecular weight is 278 g/mol. The average Bonchev–Trinajstić information content (AvgIpc) is 2.38. The molecule has 0 fully saturated rings. The normalized spacial score (nSPS) is 10.1. The molecule has 20 heavy (non-hydrogen) atoms. The number of carboxylic acid groups (broad SMARTS) is 1. The van der Waals surface area contributed by atoms with Crippen molar-refractivity contribution in [3.63, 3.8) is 0 Å². The molecule has 0 saturated heterocycles. The molecule has 0 aliphatic heterocycles. The molecule has 1 amide bonds. The number of carbonyl (C=O) groups is 2. The first kappa shape index (κ1) is 13.6. The zero-order chi connectivity index (χ0) is 14.7. The van der Waals surface area contributed by atoms with E-state index in [1.54, 1.807) is 0 Å². The van der Waals surface area contributed by atoms with Crippen LogP contribution >= 0.6 is 0 Å². The van der Waals surface area contributed by atoms with Crippen LogP contribution in [0.1, 0.15) is 20.7 Å². The Kier molecular flexibility index (Phi) is 3.69. The third-order valence-electron chi connectivity index (χ3n) is 2.42. The summed E-state index contributed by atoms with van der Waals surface area (Å²) in [5.41, 5.74) is -0.381. The van der Waals surface area contributed by atoms with Gasteiger partial charge in [0.25, 0.3) is 5.91 Å². The number of benzene rings is 1. The summed E-state index contributed by atoms with van der Waals surface area (Å²) in [6.45, 7) is 0. The summed E-state index contributed by atoms with van der Waals surface area (Å²) in [4.78, 5) is 26.2. The maximum atomic E-state index is 13.4. The van der Waals surface area contributed by atoms with Crippen LogP contribution in [0.15, 0.2) is 36.7 Å². The smallest absolute Gasteiger partial charge is 0.337 e. The van der Waals surface area contributed by atoms with Crippen molar-refractivity contribution < 1.29 is 23.5 Å². The Hall–Kier alpha value is -2.83. The number of nitrogens with zero attached hydrogens (tertiary/aromatic N) is 1. The topological polar surface area (TPSA) is 79.3 Å². The first-order valence-corrected chi connectivity index (χ1v) is 5.42. The number of hydrogen-bond donors (Lipinski definition) is 2. The number of amides is 1. The Balaban J connectivity index is 2.23. The van der Waals surface area contributed by atoms with E-state index in [1.807, 2.05) is 0 Å². The predicted molar refractivity (Wildman–Crippen MR) is 65.5 cm³/mol. The number of carbonyl (C=O) groups excluding carboxylic acids is 1. The molecular weight excluding hydrogens is 270 g/mol. The van der Waals surface area contributed by atoms with Gasteiger partial charge in [-0.15, -0.1) is 0 Å². The molecule has 7 heteroatoms. The number of aromatic carboxylic acids is 1. The van der Waals surface area contributed by atoms with E-state index in [0.29, 0.717) is 6.07 Å². The molecular formula is C13H8F2N2O3. The van der Waals surface area contributed by atoms with Crippen LogP contribution < -0.4 is 5.32 Å². The maximum absolute atomic E-state index is 13.4. The summed E-state index contributed by atoms with van der Waals surface area (Å²) in [5, 5.41) is 11.1. The van der Waals surface area contributed by atoms with Crippen molar-refractivity contribution in [2.24, 2.45) is 0 Å². The Morgan fingerprint density at radius 2 is 1.90 bits per heavy atom. The van der Waals surface area contributed by atoms with E-state index in [2.05, 4.69) is 10.3 Å². The second kappa shape index (κ2) is 5.43. The Labute approximate surface area is 111 Å². The molecule has 0 saturated carbocycles. The van der Waals surface area contributed by atoms with E-state index in [9.17, 15) is 18.4 Å². The van der Waals surface area contributed by atoms with Crippen LogP contribution in [0, 0.1) is 11.6 Å². The van der Waals surface area contributed by atoms with Gasteiger partial charge in [0.15, 0.2) is 0 Å². The maximum Gasteiger partial charge on any atom is 0.337 e. The molecule has 0 atom stereocenters. The molecule has 2 aromatic rings. The second-order valence-corrected chi connectivity index (χ2v) is 3.85. The van der Waals surface area contributed by atoms with Gasteiger partial charge < -0.3 is 10.4 Å². The van der Waals surface area contributed by atoms with E-state index in [4.69, 9.17) is 5.11 Å². The summed E-state index contributed by atoms with van der Waals surface area (Å²) >= 11 is 0. The van der Waals surface area contributed by atoms with Gasteiger partial charge in [-0.05, 0) is 18.2 Å². The summed E-state index contributed by atoms with van der Waals surface area (Å²) < 4.78 is 26.1. The van der Waals surface area contributed by atoms with Crippen molar-refractivity contribution in [1.82, 2.24) is 4.98 Å². The SMILES string of the molecule is O=C(O)c1cncc(NC(=O)c2ccc(F)cc2F)c1. The fraction of sp³-hybridized carbons (Fsp3) is 0. The monoisotopic (exact) mass is 278 g/mol. The van der Waals surface area contributed by atoms with Crippen molar-refractivity contribution in [3.05, 3.63) is 59.4 Å². The van der Waals surface area contributed by atoms with Crippen LogP contribution in [-0.4, -0.2) is 22.0 Å². The number of aromatic nitrogens is 1. The zero-order valence-corrected chi connectivity index (χ0v) is 9.93. The van der Waals surface area contributed by atoms with Crippen LogP contribution in [0.3, 0.4) is 0 Å². The molecule has 0 aliphatic rings. The van der Waals surface area contributed by atoms with Gasteiger partial charge in [-0.25, -0.2) is 13.6 Å². The fourth-order valence-corrected chi connectivity index (χ4v) is 1.50. The Bertz CT molecular complexity index is 689. The summed E-state index contributed by atoms with van der Waals surface area (Å²) in [5.74, 6) is -3.84. The molecule has 0 aliphatic carbocycles. The second-order valence-electron chi connectivity index (χ2n) is 3.85. The van der Waals surface area contributed by atoms with Gasteiger partial charge in [0.2, 0.25) is 0 Å². The highest BCUT2D eigenvalue weighted by Gasteiger charge is 2.13. The summed E-state index contributed by atoms with van der Waals surface area (Å²) in [6.07, 6.45) is 2.32. The number of anilines is 1. The van der Waals surface area contributed by atoms with Gasteiger partial charge in [-0.1, -0.05) is 0 Å². The van der Waals surface area contributed by atoms with Crippen molar-refractivity contribution in [2.45, 2.75) is 0 Å². The summed E-state index contributed by atoms with van der Waals surface area (Å²) in [6, 6.07) is 3.70. The quantitative estimate of drug-likeness (QED) is 0.903. The van der Waals surface area contributed by atoms with E-state index < -0.39 is 23.5 Å². The minimum atomic E-state index is -1.21. The van der Waals surface area contributed by atoms with Crippen molar-refractivity contribution in [1.29, 1.82) is 0 Å². The number of carboxylic acids is 1. The molecule has 0 bridgehead atoms. The van der Waals surface area contributed by atoms with E-state index >= 15 is 0 Å². The molecule has 1 heterocycles. The first-order valence-electron chi connectivity index (χ1n) is 5.42. The standard InChI is InChI=1S/C13H8F2N2O3/c14-8-1-2-10(11(15)4-8)12(18)17-9-3-7(13(19)20)5-16-6-9/h1-6H,(H,17,18)(H,19,20). The van der Waals surface area contributed by atoms with Gasteiger partial charge in [-0.2, -0.15) is 0 Å². The first-order chi connectivity index (χ1) is 9.47. The van der Waals surface area contributed by atoms with Crippen LogP contribution in [-0.2, 0) is 0 Å². The van der Waals surface area contributed by atoms with E-state index in [0.717, 1.165) is 18.3 Å². The Morgan fingerprint density at radius 3 is 2.55 bits per heavy atom. The number of nitrogens with one attached hydrogen (secondary N) is 1. The lowest BCUT2D eigenvalue weighted by molar-refractivity contribution is 0.0696. The lowest BCUT2D eigenvalue weighted by atomic mass is 10.2. The van der Waals surface area contributed by atoms with Gasteiger partial charge in [0.05, 0.1) is 23.0 Å². The van der Waals surface area contributed by atoms with Gasteiger partial charge in [0, 0.05) is 12.3 Å². The third kappa shape index (κ3) is 2.94. The van der Waals surface area contributed by atoms with Gasteiger partial charge >= 0.3 is 5.97 Å². The van der Waals surface area contributed by atoms with Crippen molar-refractivity contribution in [2.75, 3.05) is 5.32 Å². The van der Waals surface area contributed by atoms with Crippen LogP contribution in [0.2, 0.25) is 0 Å². The molecule has 0 radical (unpaired) electrons. The van der Waals surface area contributed by atoms with Crippen molar-refractivity contribution in [3.8, 4) is 0 Å². The predicted octanol–water partition coefficient (Wildman–Crippen LogP) is 2.31. The Morgan fingerprint density at radius 1 is 1.15 bits per heavy atom. The molecule has 1 aromatic carbocycles. The number of rotatable bonds is 3. The molecule has 2 rings (SSSR count). The number of pyridine rings is 1. The lowest BCUT2D eigenvalue weighted by Gasteiger charge is -2.06. The van der Waals surface area contributed by atoms with E-state index in [1.165, 1.54) is 12.3 Å². The highest BCUT2D eigenvalue weighted by molar-refractivity contribution is 6.04. The van der Waals surface area contributed by atoms with Crippen LogP contribution in [0.4, 0.5) is 14.5 Å². The minimum Gasteiger partial charge on any atom is -0.478 e. The molecule has 0 unspecified atom stereocenters. The van der Waals surface area contributed by atoms with Gasteiger partial charge in [0.1, 0.15) is 11.6 Å². The highest BCUT2D eigenvalue weighted by Crippen LogP contribution is 2.14. The van der Waals surface area contributed by atoms with Crippen LogP contribution in [0.5, 0.6) is 0 Å².